The maximum absolute atomic E-state index is 14.3. The Morgan fingerprint density at radius 1 is 0.564 bits per heavy atom. The Morgan fingerprint density at radius 3 is 1.10 bits per heavy atom. The number of benzene rings is 2. The van der Waals surface area contributed by atoms with E-state index in [1.807, 2.05) is 0 Å². The predicted octanol–water partition coefficient (Wildman–Crippen LogP) is 10.9. The van der Waals surface area contributed by atoms with Gasteiger partial charge in [0.1, 0.15) is 0 Å². The lowest BCUT2D eigenvalue weighted by atomic mass is 9.94. The minimum Gasteiger partial charge on any atom is -0.166 e. The minimum absolute atomic E-state index is 0.151. The molecule has 0 spiro atoms. The Balaban J connectivity index is 3.06. The third kappa shape index (κ3) is 9.28. The first-order chi connectivity index (χ1) is 17.5. The molecular formula is C32H36F6S. The molecule has 7 heteroatoms. The van der Waals surface area contributed by atoms with Crippen molar-refractivity contribution < 1.29 is 26.3 Å². The molecule has 0 unspecified atom stereocenters. The van der Waals surface area contributed by atoms with E-state index in [9.17, 15) is 26.3 Å². The normalized spacial score (nSPS) is 12.8. The van der Waals surface area contributed by atoms with E-state index < -0.39 is 34.3 Å². The predicted molar refractivity (Wildman–Crippen MR) is 148 cm³/mol. The van der Waals surface area contributed by atoms with Gasteiger partial charge in [-0.1, -0.05) is 63.1 Å². The van der Waals surface area contributed by atoms with Crippen LogP contribution in [0.15, 0.2) is 34.1 Å². The van der Waals surface area contributed by atoms with Crippen LogP contribution in [0.4, 0.5) is 26.3 Å². The molecule has 0 aliphatic carbocycles. The molecule has 0 fully saturated rings. The second kappa shape index (κ2) is 11.5. The molecule has 2 aromatic carbocycles. The summed E-state index contributed by atoms with van der Waals surface area (Å²) in [6.45, 7) is 17.8. The Bertz CT molecular complexity index is 1220. The van der Waals surface area contributed by atoms with Gasteiger partial charge in [0.25, 0.3) is 0 Å². The number of hydrogen-bond acceptors (Lipinski definition) is 1. The molecule has 0 aromatic heterocycles. The average Bonchev–Trinajstić information content (AvgIpc) is 2.73. The lowest BCUT2D eigenvalue weighted by molar-refractivity contribution is -0.138. The molecule has 0 nitrogen and oxygen atoms in total. The highest BCUT2D eigenvalue weighted by Gasteiger charge is 2.37. The third-order valence-corrected chi connectivity index (χ3v) is 6.62. The van der Waals surface area contributed by atoms with E-state index in [1.165, 1.54) is 0 Å². The molecule has 0 radical (unpaired) electrons. The van der Waals surface area contributed by atoms with Crippen LogP contribution in [0.2, 0.25) is 0 Å². The fourth-order valence-electron chi connectivity index (χ4n) is 3.42. The number of hydrogen-bond donors (Lipinski definition) is 0. The summed E-state index contributed by atoms with van der Waals surface area (Å²) in [5.41, 5.74) is -2.63. The van der Waals surface area contributed by atoms with E-state index in [1.54, 1.807) is 81.4 Å². The first-order valence-electron chi connectivity index (χ1n) is 12.7. The SMILES string of the molecule is CC(C)c1cc(Sc2cc(C(C)C)cc(C(F)(F)F)c2C#CC(C)(C)C)c(C#CC(C)(C)C)c(C(F)(F)F)c1. The van der Waals surface area contributed by atoms with E-state index >= 15 is 0 Å². The monoisotopic (exact) mass is 566 g/mol. The first kappa shape index (κ1) is 32.7. The first-order valence-corrected chi connectivity index (χ1v) is 13.6. The number of halogens is 6. The fourth-order valence-corrected chi connectivity index (χ4v) is 4.58. The molecule has 0 N–H and O–H groups in total. The van der Waals surface area contributed by atoms with E-state index in [0.29, 0.717) is 11.1 Å². The van der Waals surface area contributed by atoms with Crippen LogP contribution in [0.3, 0.4) is 0 Å². The highest BCUT2D eigenvalue weighted by molar-refractivity contribution is 7.99. The van der Waals surface area contributed by atoms with Crippen molar-refractivity contribution in [1.29, 1.82) is 0 Å². The molecule has 212 valence electrons. The smallest absolute Gasteiger partial charge is 0.166 e. The molecular weight excluding hydrogens is 530 g/mol. The van der Waals surface area contributed by atoms with Crippen LogP contribution >= 0.6 is 11.8 Å². The molecule has 0 aliphatic rings. The van der Waals surface area contributed by atoms with Gasteiger partial charge in [-0.15, -0.1) is 0 Å². The standard InChI is InChI=1S/C32H36F6S/c1-19(2)21-15-25(31(33,34)35)23(11-13-29(5,6)7)27(17-21)39-28-18-22(20(3)4)16-26(32(36,37)38)24(28)12-14-30(8,9)10/h15-20H,1-10H3. The van der Waals surface area contributed by atoms with Crippen LogP contribution in [0.25, 0.3) is 0 Å². The second-order valence-electron chi connectivity index (χ2n) is 12.3. The van der Waals surface area contributed by atoms with Crippen LogP contribution in [0, 0.1) is 34.5 Å². The molecule has 0 atom stereocenters. The minimum atomic E-state index is -4.70. The number of alkyl halides is 6. The summed E-state index contributed by atoms with van der Waals surface area (Å²) >= 11 is 0.861. The molecule has 0 saturated heterocycles. The number of rotatable bonds is 4. The van der Waals surface area contributed by atoms with E-state index in [0.717, 1.165) is 23.9 Å². The summed E-state index contributed by atoms with van der Waals surface area (Å²) in [6.07, 6.45) is -9.40. The van der Waals surface area contributed by atoms with Crippen molar-refractivity contribution in [2.45, 2.75) is 103 Å². The van der Waals surface area contributed by atoms with Gasteiger partial charge < -0.3 is 0 Å². The average molecular weight is 567 g/mol. The van der Waals surface area contributed by atoms with Gasteiger partial charge in [0.2, 0.25) is 0 Å². The molecule has 0 bridgehead atoms. The Kier molecular flexibility index (Phi) is 9.67. The molecule has 0 saturated carbocycles. The van der Waals surface area contributed by atoms with Gasteiger partial charge in [-0.3, -0.25) is 0 Å². The molecule has 0 heterocycles. The van der Waals surface area contributed by atoms with E-state index in [2.05, 4.69) is 23.7 Å². The van der Waals surface area contributed by atoms with Gasteiger partial charge in [0, 0.05) is 20.6 Å². The largest absolute Gasteiger partial charge is 0.417 e. The Hall–Kier alpha value is -2.51. The maximum Gasteiger partial charge on any atom is 0.417 e. The van der Waals surface area contributed by atoms with Crippen LogP contribution in [0.5, 0.6) is 0 Å². The van der Waals surface area contributed by atoms with Crippen molar-refractivity contribution in [2.75, 3.05) is 0 Å². The van der Waals surface area contributed by atoms with Crippen LogP contribution in [0.1, 0.15) is 114 Å². The van der Waals surface area contributed by atoms with E-state index in [4.69, 9.17) is 0 Å². The van der Waals surface area contributed by atoms with Crippen molar-refractivity contribution in [3.05, 3.63) is 57.6 Å². The molecule has 0 aliphatic heterocycles. The molecule has 2 aromatic rings. The molecule has 2 rings (SSSR count). The topological polar surface area (TPSA) is 0 Å². The summed E-state index contributed by atoms with van der Waals surface area (Å²) < 4.78 is 85.8. The van der Waals surface area contributed by atoms with Crippen molar-refractivity contribution in [3.63, 3.8) is 0 Å². The van der Waals surface area contributed by atoms with E-state index in [-0.39, 0.29) is 32.8 Å². The molecule has 0 amide bonds. The summed E-state index contributed by atoms with van der Waals surface area (Å²) in [6, 6.07) is 5.39. The van der Waals surface area contributed by atoms with Crippen LogP contribution < -0.4 is 0 Å². The summed E-state index contributed by atoms with van der Waals surface area (Å²) in [5, 5.41) is 0. The highest BCUT2D eigenvalue weighted by atomic mass is 32.2. The van der Waals surface area contributed by atoms with Crippen LogP contribution in [-0.2, 0) is 12.4 Å². The van der Waals surface area contributed by atoms with Crippen molar-refractivity contribution in [2.24, 2.45) is 10.8 Å². The summed E-state index contributed by atoms with van der Waals surface area (Å²) in [5.74, 6) is 10.7. The van der Waals surface area contributed by atoms with Crippen molar-refractivity contribution in [1.82, 2.24) is 0 Å². The van der Waals surface area contributed by atoms with Gasteiger partial charge in [0.15, 0.2) is 0 Å². The Labute approximate surface area is 233 Å². The van der Waals surface area contributed by atoms with Crippen molar-refractivity contribution in [3.8, 4) is 23.7 Å². The lowest BCUT2D eigenvalue weighted by Crippen LogP contribution is -2.12. The van der Waals surface area contributed by atoms with Gasteiger partial charge in [0.05, 0.1) is 22.3 Å². The summed E-state index contributed by atoms with van der Waals surface area (Å²) in [7, 11) is 0. The molecule has 39 heavy (non-hydrogen) atoms. The summed E-state index contributed by atoms with van der Waals surface area (Å²) in [4.78, 5) is 0.302. The third-order valence-electron chi connectivity index (χ3n) is 5.54. The van der Waals surface area contributed by atoms with Crippen LogP contribution in [-0.4, -0.2) is 0 Å². The Morgan fingerprint density at radius 2 is 0.872 bits per heavy atom. The van der Waals surface area contributed by atoms with Gasteiger partial charge >= 0.3 is 12.4 Å². The van der Waals surface area contributed by atoms with Gasteiger partial charge in [-0.05, 0) is 88.8 Å². The second-order valence-corrected chi connectivity index (χ2v) is 13.4. The highest BCUT2D eigenvalue weighted by Crippen LogP contribution is 2.45. The van der Waals surface area contributed by atoms with Gasteiger partial charge in [-0.2, -0.15) is 26.3 Å². The zero-order chi connectivity index (χ0) is 30.1. The zero-order valence-corrected chi connectivity index (χ0v) is 25.0. The van der Waals surface area contributed by atoms with Crippen molar-refractivity contribution >= 4 is 11.8 Å². The van der Waals surface area contributed by atoms with Gasteiger partial charge in [-0.25, -0.2) is 0 Å². The quantitative estimate of drug-likeness (QED) is 0.262. The lowest BCUT2D eigenvalue weighted by Gasteiger charge is -2.21. The zero-order valence-electron chi connectivity index (χ0n) is 24.1. The maximum atomic E-state index is 14.3. The fraction of sp³-hybridized carbons (Fsp3) is 0.500.